The number of nitrogens with zero attached hydrogens (tertiary/aromatic N) is 3. The Kier molecular flexibility index (Phi) is 4.17. The number of phenolic OH excluding ortho intramolecular Hbond substituents is 2. The average molecular weight is 395 g/mol. The maximum atomic E-state index is 10.3. The van der Waals surface area contributed by atoms with E-state index in [4.69, 9.17) is 4.74 Å². The molecule has 0 fully saturated rings. The summed E-state index contributed by atoms with van der Waals surface area (Å²) in [6, 6.07) is 22.7. The molecule has 30 heavy (non-hydrogen) atoms. The van der Waals surface area contributed by atoms with E-state index in [1.165, 1.54) is 19.2 Å². The van der Waals surface area contributed by atoms with Gasteiger partial charge in [0.2, 0.25) is 0 Å². The van der Waals surface area contributed by atoms with Crippen molar-refractivity contribution in [3.8, 4) is 40.3 Å². The summed E-state index contributed by atoms with van der Waals surface area (Å²) >= 11 is 0. The summed E-state index contributed by atoms with van der Waals surface area (Å²) in [4.78, 5) is 13.5. The molecule has 0 saturated heterocycles. The zero-order chi connectivity index (χ0) is 20.7. The fourth-order valence-electron chi connectivity index (χ4n) is 3.64. The lowest BCUT2D eigenvalue weighted by molar-refractivity contribution is 0.379. The average Bonchev–Trinajstić information content (AvgIpc) is 2.77. The second-order valence-corrected chi connectivity index (χ2v) is 6.86. The number of phenols is 2. The van der Waals surface area contributed by atoms with Crippen LogP contribution in [0.15, 0.2) is 72.8 Å². The number of aromatic hydroxyl groups is 2. The highest BCUT2D eigenvalue weighted by Crippen LogP contribution is 2.37. The van der Waals surface area contributed by atoms with Gasteiger partial charge in [-0.25, -0.2) is 4.98 Å². The Labute approximate surface area is 172 Å². The Morgan fingerprint density at radius 1 is 0.700 bits per heavy atom. The first-order valence-electron chi connectivity index (χ1n) is 9.37. The molecule has 146 valence electrons. The number of benzene rings is 4. The highest BCUT2D eigenvalue weighted by atomic mass is 16.5. The quantitative estimate of drug-likeness (QED) is 0.421. The summed E-state index contributed by atoms with van der Waals surface area (Å²) in [6.07, 6.45) is 0. The standard InChI is InChI=1S/C24H17N3O3/c1-30-24-26-22(19-11-10-16(28)13-20(19)29)25-23(27-24)21-17-8-4-2-6-14(17)12-15-7-3-5-9-18(15)21/h2-13,28-29H,1H3. The first-order valence-corrected chi connectivity index (χ1v) is 9.37. The van der Waals surface area contributed by atoms with Crippen LogP contribution in [0.5, 0.6) is 17.5 Å². The molecule has 1 aromatic heterocycles. The van der Waals surface area contributed by atoms with Gasteiger partial charge in [0.25, 0.3) is 0 Å². The predicted octanol–water partition coefficient (Wildman–Crippen LogP) is 4.93. The summed E-state index contributed by atoms with van der Waals surface area (Å²) in [6.45, 7) is 0. The largest absolute Gasteiger partial charge is 0.508 e. The lowest BCUT2D eigenvalue weighted by Gasteiger charge is -2.13. The number of rotatable bonds is 3. The van der Waals surface area contributed by atoms with E-state index in [1.54, 1.807) is 6.07 Å². The molecule has 0 aliphatic carbocycles. The van der Waals surface area contributed by atoms with Gasteiger partial charge < -0.3 is 14.9 Å². The Balaban J connectivity index is 1.85. The van der Waals surface area contributed by atoms with Crippen molar-refractivity contribution in [3.05, 3.63) is 72.8 Å². The monoisotopic (exact) mass is 395 g/mol. The molecule has 1 heterocycles. The van der Waals surface area contributed by atoms with Crippen LogP contribution < -0.4 is 4.74 Å². The molecule has 5 aromatic rings. The van der Waals surface area contributed by atoms with Gasteiger partial charge in [0.15, 0.2) is 11.6 Å². The second-order valence-electron chi connectivity index (χ2n) is 6.86. The summed E-state index contributed by atoms with van der Waals surface area (Å²) < 4.78 is 5.33. The molecule has 0 bridgehead atoms. The molecule has 0 atom stereocenters. The van der Waals surface area contributed by atoms with Crippen molar-refractivity contribution in [1.82, 2.24) is 15.0 Å². The van der Waals surface area contributed by atoms with Crippen molar-refractivity contribution in [3.63, 3.8) is 0 Å². The third-order valence-electron chi connectivity index (χ3n) is 5.01. The molecule has 0 aliphatic heterocycles. The van der Waals surface area contributed by atoms with Crippen LogP contribution >= 0.6 is 0 Å². The highest BCUT2D eigenvalue weighted by molar-refractivity contribution is 6.11. The predicted molar refractivity (Wildman–Crippen MR) is 116 cm³/mol. The van der Waals surface area contributed by atoms with Crippen LogP contribution in [-0.4, -0.2) is 32.3 Å². The summed E-state index contributed by atoms with van der Waals surface area (Å²) in [5.41, 5.74) is 1.24. The molecule has 4 aromatic carbocycles. The van der Waals surface area contributed by atoms with Crippen molar-refractivity contribution in [1.29, 1.82) is 0 Å². The van der Waals surface area contributed by atoms with Crippen molar-refractivity contribution >= 4 is 21.5 Å². The molecule has 6 heteroatoms. The van der Waals surface area contributed by atoms with Gasteiger partial charge in [0.05, 0.1) is 12.7 Å². The van der Waals surface area contributed by atoms with Crippen molar-refractivity contribution < 1.29 is 14.9 Å². The van der Waals surface area contributed by atoms with Gasteiger partial charge in [-0.3, -0.25) is 0 Å². The Hall–Kier alpha value is -4.19. The minimum atomic E-state index is -0.128. The molecular weight excluding hydrogens is 378 g/mol. The van der Waals surface area contributed by atoms with Crippen LogP contribution in [0.2, 0.25) is 0 Å². The number of aromatic nitrogens is 3. The molecule has 5 rings (SSSR count). The summed E-state index contributed by atoms with van der Waals surface area (Å²) in [5.74, 6) is 0.526. The Morgan fingerprint density at radius 2 is 1.33 bits per heavy atom. The van der Waals surface area contributed by atoms with E-state index >= 15 is 0 Å². The molecular formula is C24H17N3O3. The SMILES string of the molecule is COc1nc(-c2ccc(O)cc2O)nc(-c2c3ccccc3cc3ccccc23)n1. The molecule has 0 spiro atoms. The third-order valence-corrected chi connectivity index (χ3v) is 5.01. The maximum absolute atomic E-state index is 10.3. The molecule has 0 amide bonds. The van der Waals surface area contributed by atoms with Gasteiger partial charge in [0, 0.05) is 11.6 Å². The fourth-order valence-corrected chi connectivity index (χ4v) is 3.64. The van der Waals surface area contributed by atoms with Crippen LogP contribution in [0.25, 0.3) is 44.3 Å². The van der Waals surface area contributed by atoms with Gasteiger partial charge in [0.1, 0.15) is 11.5 Å². The molecule has 0 unspecified atom stereocenters. The van der Waals surface area contributed by atoms with E-state index in [9.17, 15) is 10.2 Å². The molecule has 6 nitrogen and oxygen atoms in total. The number of hydrogen-bond donors (Lipinski definition) is 2. The van der Waals surface area contributed by atoms with E-state index in [2.05, 4.69) is 33.2 Å². The molecule has 0 saturated carbocycles. The van der Waals surface area contributed by atoms with E-state index < -0.39 is 0 Å². The topological polar surface area (TPSA) is 88.4 Å². The number of ether oxygens (including phenoxy) is 1. The van der Waals surface area contributed by atoms with Gasteiger partial charge >= 0.3 is 6.01 Å². The van der Waals surface area contributed by atoms with Crippen molar-refractivity contribution in [2.24, 2.45) is 0 Å². The van der Waals surface area contributed by atoms with E-state index in [0.29, 0.717) is 11.4 Å². The Morgan fingerprint density at radius 3 is 1.97 bits per heavy atom. The minimum absolute atomic E-state index is 0.0439. The van der Waals surface area contributed by atoms with Gasteiger partial charge in [-0.05, 0) is 39.7 Å². The van der Waals surface area contributed by atoms with E-state index in [1.807, 2.05) is 36.4 Å². The van der Waals surface area contributed by atoms with Gasteiger partial charge in [-0.2, -0.15) is 9.97 Å². The third kappa shape index (κ3) is 2.95. The van der Waals surface area contributed by atoms with Crippen LogP contribution in [0.3, 0.4) is 0 Å². The van der Waals surface area contributed by atoms with E-state index in [0.717, 1.165) is 27.1 Å². The minimum Gasteiger partial charge on any atom is -0.508 e. The number of hydrogen-bond acceptors (Lipinski definition) is 6. The highest BCUT2D eigenvalue weighted by Gasteiger charge is 2.18. The molecule has 0 radical (unpaired) electrons. The smallest absolute Gasteiger partial charge is 0.320 e. The van der Waals surface area contributed by atoms with Crippen LogP contribution in [0.1, 0.15) is 0 Å². The zero-order valence-corrected chi connectivity index (χ0v) is 16.1. The maximum Gasteiger partial charge on any atom is 0.320 e. The molecule has 0 aliphatic rings. The number of methoxy groups -OCH3 is 1. The summed E-state index contributed by atoms with van der Waals surface area (Å²) in [5, 5.41) is 24.1. The number of fused-ring (bicyclic) bond motifs is 2. The second kappa shape index (κ2) is 7.00. The first kappa shape index (κ1) is 17.9. The molecule has 2 N–H and O–H groups in total. The van der Waals surface area contributed by atoms with Crippen molar-refractivity contribution in [2.75, 3.05) is 7.11 Å². The lowest BCUT2D eigenvalue weighted by atomic mass is 9.96. The Bertz CT molecular complexity index is 1360. The fraction of sp³-hybridized carbons (Fsp3) is 0.0417. The lowest BCUT2D eigenvalue weighted by Crippen LogP contribution is -2.01. The van der Waals surface area contributed by atoms with Crippen LogP contribution in [0.4, 0.5) is 0 Å². The van der Waals surface area contributed by atoms with Gasteiger partial charge in [-0.1, -0.05) is 48.5 Å². The normalized spacial score (nSPS) is 11.1. The van der Waals surface area contributed by atoms with E-state index in [-0.39, 0.29) is 23.3 Å². The van der Waals surface area contributed by atoms with Gasteiger partial charge in [-0.15, -0.1) is 0 Å². The van der Waals surface area contributed by atoms with Crippen LogP contribution in [0, 0.1) is 0 Å². The zero-order valence-electron chi connectivity index (χ0n) is 16.1. The van der Waals surface area contributed by atoms with Crippen LogP contribution in [-0.2, 0) is 0 Å². The summed E-state index contributed by atoms with van der Waals surface area (Å²) in [7, 11) is 1.49. The first-order chi connectivity index (χ1) is 14.6. The van der Waals surface area contributed by atoms with Crippen molar-refractivity contribution in [2.45, 2.75) is 0 Å².